The van der Waals surface area contributed by atoms with Gasteiger partial charge in [-0.15, -0.1) is 0 Å². The molecule has 1 atom stereocenters. The van der Waals surface area contributed by atoms with Crippen LogP contribution in [0, 0.1) is 11.6 Å². The molecule has 1 aromatic carbocycles. The minimum Gasteiger partial charge on any atom is -0.444 e. The van der Waals surface area contributed by atoms with Crippen molar-refractivity contribution in [3.63, 3.8) is 0 Å². The van der Waals surface area contributed by atoms with Crippen molar-refractivity contribution in [2.24, 2.45) is 0 Å². The van der Waals surface area contributed by atoms with E-state index in [4.69, 9.17) is 4.74 Å². The molecule has 6 heteroatoms. The molecular formula is C14H19F2NO3. The van der Waals surface area contributed by atoms with Crippen molar-refractivity contribution < 1.29 is 23.4 Å². The predicted octanol–water partition coefficient (Wildman–Crippen LogP) is 2.57. The number of carbonyl (C=O) groups excluding carboxylic acids is 1. The van der Waals surface area contributed by atoms with E-state index in [1.165, 1.54) is 6.07 Å². The molecule has 1 rings (SSSR count). The molecule has 0 saturated carbocycles. The molecule has 1 unspecified atom stereocenters. The van der Waals surface area contributed by atoms with E-state index in [1.807, 2.05) is 0 Å². The fourth-order valence-corrected chi connectivity index (χ4v) is 1.63. The van der Waals surface area contributed by atoms with Gasteiger partial charge in [-0.3, -0.25) is 0 Å². The van der Waals surface area contributed by atoms with Crippen LogP contribution in [0.4, 0.5) is 13.6 Å². The number of carbonyl (C=O) groups is 1. The first kappa shape index (κ1) is 16.4. The number of aliphatic hydroxyl groups excluding tert-OH is 1. The van der Waals surface area contributed by atoms with Crippen LogP contribution in [0.5, 0.6) is 0 Å². The minimum absolute atomic E-state index is 0.00599. The van der Waals surface area contributed by atoms with E-state index >= 15 is 0 Å². The number of nitrogens with one attached hydrogen (secondary N) is 1. The van der Waals surface area contributed by atoms with Gasteiger partial charge in [0.25, 0.3) is 0 Å². The summed E-state index contributed by atoms with van der Waals surface area (Å²) in [5.74, 6) is -2.11. The third kappa shape index (κ3) is 5.13. The number of benzene rings is 1. The highest BCUT2D eigenvalue weighted by Crippen LogP contribution is 2.19. The van der Waals surface area contributed by atoms with Crippen LogP contribution in [0.3, 0.4) is 0 Å². The molecule has 0 aliphatic carbocycles. The second-order valence-corrected chi connectivity index (χ2v) is 5.43. The zero-order valence-electron chi connectivity index (χ0n) is 11.7. The predicted molar refractivity (Wildman–Crippen MR) is 70.4 cm³/mol. The van der Waals surface area contributed by atoms with E-state index in [0.717, 1.165) is 12.1 Å². The van der Waals surface area contributed by atoms with E-state index in [2.05, 4.69) is 5.32 Å². The normalized spacial score (nSPS) is 12.9. The minimum atomic E-state index is -0.755. The van der Waals surface area contributed by atoms with Gasteiger partial charge < -0.3 is 15.2 Å². The lowest BCUT2D eigenvalue weighted by Gasteiger charge is -2.21. The Morgan fingerprint density at radius 1 is 1.40 bits per heavy atom. The zero-order chi connectivity index (χ0) is 15.3. The highest BCUT2D eigenvalue weighted by Gasteiger charge is 2.19. The number of hydrogen-bond donors (Lipinski definition) is 2. The summed E-state index contributed by atoms with van der Waals surface area (Å²) in [6.07, 6.45) is -0.654. The van der Waals surface area contributed by atoms with Crippen LogP contribution in [0.2, 0.25) is 0 Å². The van der Waals surface area contributed by atoms with Gasteiger partial charge in [-0.2, -0.15) is 0 Å². The second-order valence-electron chi connectivity index (χ2n) is 5.43. The Balaban J connectivity index is 2.66. The summed E-state index contributed by atoms with van der Waals surface area (Å²) in [5, 5.41) is 11.7. The fourth-order valence-electron chi connectivity index (χ4n) is 1.63. The van der Waals surface area contributed by atoms with Gasteiger partial charge in [0.1, 0.15) is 17.2 Å². The molecule has 0 radical (unpaired) electrons. The van der Waals surface area contributed by atoms with E-state index in [1.54, 1.807) is 20.8 Å². The van der Waals surface area contributed by atoms with Crippen molar-refractivity contribution in [2.45, 2.75) is 32.3 Å². The highest BCUT2D eigenvalue weighted by molar-refractivity contribution is 5.67. The van der Waals surface area contributed by atoms with Crippen LogP contribution < -0.4 is 5.32 Å². The molecule has 0 aromatic heterocycles. The number of hydrogen-bond acceptors (Lipinski definition) is 3. The number of halogens is 2. The van der Waals surface area contributed by atoms with Crippen LogP contribution in [-0.4, -0.2) is 30.0 Å². The maximum atomic E-state index is 13.6. The molecule has 0 bridgehead atoms. The Morgan fingerprint density at radius 3 is 2.55 bits per heavy atom. The van der Waals surface area contributed by atoms with Crippen LogP contribution in [-0.2, 0) is 4.74 Å². The number of alkyl carbamates (subject to hydrolysis) is 1. The van der Waals surface area contributed by atoms with Gasteiger partial charge in [-0.1, -0.05) is 6.07 Å². The second kappa shape index (κ2) is 6.65. The van der Waals surface area contributed by atoms with Gasteiger partial charge in [0, 0.05) is 18.5 Å². The van der Waals surface area contributed by atoms with Crippen LogP contribution in [0.1, 0.15) is 32.3 Å². The Kier molecular flexibility index (Phi) is 5.44. The molecule has 1 aromatic rings. The Hall–Kier alpha value is -1.69. The average Bonchev–Trinajstić information content (AvgIpc) is 2.29. The molecule has 0 spiro atoms. The lowest BCUT2D eigenvalue weighted by Crippen LogP contribution is -2.35. The maximum Gasteiger partial charge on any atom is 0.407 e. The molecule has 0 aliphatic rings. The fraction of sp³-hybridized carbons (Fsp3) is 0.500. The number of ether oxygens (including phenoxy) is 1. The molecule has 4 nitrogen and oxygen atoms in total. The largest absolute Gasteiger partial charge is 0.444 e. The van der Waals surface area contributed by atoms with Gasteiger partial charge in [0.05, 0.1) is 6.61 Å². The summed E-state index contributed by atoms with van der Waals surface area (Å²) >= 11 is 0. The summed E-state index contributed by atoms with van der Waals surface area (Å²) in [7, 11) is 0. The van der Waals surface area contributed by atoms with E-state index in [9.17, 15) is 18.7 Å². The smallest absolute Gasteiger partial charge is 0.407 e. The Labute approximate surface area is 116 Å². The van der Waals surface area contributed by atoms with Gasteiger partial charge in [0.15, 0.2) is 0 Å². The lowest BCUT2D eigenvalue weighted by atomic mass is 9.99. The van der Waals surface area contributed by atoms with Crippen LogP contribution >= 0.6 is 0 Å². The molecule has 20 heavy (non-hydrogen) atoms. The summed E-state index contributed by atoms with van der Waals surface area (Å²) in [5.41, 5.74) is -0.495. The standard InChI is InChI=1S/C14H19F2NO3/c1-14(2,3)20-13(19)17-7-9(8-18)11-5-4-10(15)6-12(11)16/h4-6,9,18H,7-8H2,1-3H3,(H,17,19). The summed E-state index contributed by atoms with van der Waals surface area (Å²) in [6, 6.07) is 3.10. The lowest BCUT2D eigenvalue weighted by molar-refractivity contribution is 0.0520. The molecule has 0 fully saturated rings. The van der Waals surface area contributed by atoms with E-state index < -0.39 is 29.2 Å². The van der Waals surface area contributed by atoms with Gasteiger partial charge in [-0.05, 0) is 32.4 Å². The first-order valence-corrected chi connectivity index (χ1v) is 6.25. The average molecular weight is 287 g/mol. The number of amides is 1. The molecule has 0 heterocycles. The Bertz CT molecular complexity index is 472. The van der Waals surface area contributed by atoms with Crippen molar-refractivity contribution >= 4 is 6.09 Å². The SMILES string of the molecule is CC(C)(C)OC(=O)NCC(CO)c1ccc(F)cc1F. The monoisotopic (exact) mass is 287 g/mol. The molecule has 112 valence electrons. The molecule has 0 saturated heterocycles. The summed E-state index contributed by atoms with van der Waals surface area (Å²) in [6.45, 7) is 4.77. The van der Waals surface area contributed by atoms with Crippen LogP contribution in [0.15, 0.2) is 18.2 Å². The molecule has 0 aliphatic heterocycles. The van der Waals surface area contributed by atoms with E-state index in [-0.39, 0.29) is 18.7 Å². The quantitative estimate of drug-likeness (QED) is 0.894. The summed E-state index contributed by atoms with van der Waals surface area (Å²) < 4.78 is 31.4. The molecule has 1 amide bonds. The molecular weight excluding hydrogens is 268 g/mol. The third-order valence-corrected chi connectivity index (χ3v) is 2.51. The van der Waals surface area contributed by atoms with Crippen molar-refractivity contribution in [2.75, 3.05) is 13.2 Å². The topological polar surface area (TPSA) is 58.6 Å². The first-order chi connectivity index (χ1) is 9.23. The third-order valence-electron chi connectivity index (χ3n) is 2.51. The highest BCUT2D eigenvalue weighted by atomic mass is 19.1. The van der Waals surface area contributed by atoms with Crippen molar-refractivity contribution in [1.82, 2.24) is 5.32 Å². The zero-order valence-corrected chi connectivity index (χ0v) is 11.7. The van der Waals surface area contributed by atoms with Gasteiger partial charge >= 0.3 is 6.09 Å². The van der Waals surface area contributed by atoms with Crippen LogP contribution in [0.25, 0.3) is 0 Å². The maximum absolute atomic E-state index is 13.6. The van der Waals surface area contributed by atoms with Gasteiger partial charge in [0.2, 0.25) is 0 Å². The molecule has 2 N–H and O–H groups in total. The van der Waals surface area contributed by atoms with Crippen molar-refractivity contribution in [3.8, 4) is 0 Å². The van der Waals surface area contributed by atoms with E-state index in [0.29, 0.717) is 0 Å². The van der Waals surface area contributed by atoms with Crippen molar-refractivity contribution in [3.05, 3.63) is 35.4 Å². The summed E-state index contributed by atoms with van der Waals surface area (Å²) in [4.78, 5) is 11.5. The number of rotatable bonds is 4. The van der Waals surface area contributed by atoms with Gasteiger partial charge in [-0.25, -0.2) is 13.6 Å². The first-order valence-electron chi connectivity index (χ1n) is 6.25. The van der Waals surface area contributed by atoms with Crippen molar-refractivity contribution in [1.29, 1.82) is 0 Å². The Morgan fingerprint density at radius 2 is 2.05 bits per heavy atom. The number of aliphatic hydroxyl groups is 1.